The van der Waals surface area contributed by atoms with Crippen molar-refractivity contribution in [1.29, 1.82) is 0 Å². The average molecular weight is 389 g/mol. The maximum Gasteiger partial charge on any atom is 0.311 e. The van der Waals surface area contributed by atoms with E-state index < -0.39 is 29.6 Å². The van der Waals surface area contributed by atoms with Gasteiger partial charge in [-0.1, -0.05) is 0 Å². The number of fused-ring (bicyclic) bond motifs is 1. The minimum Gasteiger partial charge on any atom is -0.452 e. The molecule has 3 aromatic rings. The first-order valence-electron chi connectivity index (χ1n) is 8.37. The Morgan fingerprint density at radius 3 is 2.75 bits per heavy atom. The third kappa shape index (κ3) is 3.95. The molecule has 28 heavy (non-hydrogen) atoms. The lowest BCUT2D eigenvalue weighted by atomic mass is 10.1. The monoisotopic (exact) mass is 389 g/mol. The van der Waals surface area contributed by atoms with Crippen molar-refractivity contribution in [1.82, 2.24) is 19.6 Å². The molecule has 0 bridgehead atoms. The zero-order valence-corrected chi connectivity index (χ0v) is 15.4. The molecular formula is C18H17F2N5O3. The molecule has 1 N–H and O–H groups in total. The maximum atomic E-state index is 13.6. The van der Waals surface area contributed by atoms with E-state index in [-0.39, 0.29) is 12.1 Å². The molecule has 0 aliphatic heterocycles. The third-order valence-electron chi connectivity index (χ3n) is 4.18. The molecular weight excluding hydrogens is 372 g/mol. The van der Waals surface area contributed by atoms with Gasteiger partial charge in [-0.05, 0) is 32.9 Å². The molecule has 8 nitrogen and oxygen atoms in total. The Labute approximate surface area is 158 Å². The first-order valence-corrected chi connectivity index (χ1v) is 8.37. The first kappa shape index (κ1) is 19.3. The summed E-state index contributed by atoms with van der Waals surface area (Å²) in [5.74, 6) is -2.67. The standard InChI is InChI=1S/C18H17F2N5O3/c1-9-13(10(2)25-18(23-9)21-8-22-25)7-16(26)28-11(3)17(27)24-15-5-4-12(19)6-14(15)20/h4-6,8,11H,7H2,1-3H3,(H,24,27)/t11-/m0/s1. The van der Waals surface area contributed by atoms with E-state index in [2.05, 4.69) is 20.4 Å². The van der Waals surface area contributed by atoms with Gasteiger partial charge in [0.25, 0.3) is 11.7 Å². The quantitative estimate of drug-likeness (QED) is 0.672. The van der Waals surface area contributed by atoms with Gasteiger partial charge in [0.05, 0.1) is 12.1 Å². The fraction of sp³-hybridized carbons (Fsp3) is 0.278. The molecule has 1 atom stereocenters. The van der Waals surface area contributed by atoms with Gasteiger partial charge < -0.3 is 10.1 Å². The number of ether oxygens (including phenoxy) is 1. The average Bonchev–Trinajstić information content (AvgIpc) is 3.09. The van der Waals surface area contributed by atoms with Crippen LogP contribution in [0.3, 0.4) is 0 Å². The highest BCUT2D eigenvalue weighted by Gasteiger charge is 2.21. The fourth-order valence-corrected chi connectivity index (χ4v) is 2.67. The van der Waals surface area contributed by atoms with Crippen LogP contribution >= 0.6 is 0 Å². The van der Waals surface area contributed by atoms with Gasteiger partial charge in [0.2, 0.25) is 0 Å². The van der Waals surface area contributed by atoms with E-state index in [9.17, 15) is 18.4 Å². The molecule has 3 rings (SSSR count). The van der Waals surface area contributed by atoms with E-state index in [0.29, 0.717) is 28.8 Å². The number of rotatable bonds is 5. The highest BCUT2D eigenvalue weighted by atomic mass is 19.1. The van der Waals surface area contributed by atoms with Gasteiger partial charge in [-0.3, -0.25) is 9.59 Å². The van der Waals surface area contributed by atoms with Crippen LogP contribution in [0.1, 0.15) is 23.9 Å². The molecule has 2 heterocycles. The predicted octanol–water partition coefficient (Wildman–Crippen LogP) is 2.13. The summed E-state index contributed by atoms with van der Waals surface area (Å²) in [6.45, 7) is 4.86. The highest BCUT2D eigenvalue weighted by molar-refractivity contribution is 5.95. The summed E-state index contributed by atoms with van der Waals surface area (Å²) in [4.78, 5) is 32.7. The molecule has 146 valence electrons. The minimum absolute atomic E-state index is 0.122. The number of halogens is 2. The normalized spacial score (nSPS) is 12.0. The van der Waals surface area contributed by atoms with Crippen molar-refractivity contribution >= 4 is 23.3 Å². The summed E-state index contributed by atoms with van der Waals surface area (Å²) in [7, 11) is 0. The third-order valence-corrected chi connectivity index (χ3v) is 4.18. The minimum atomic E-state index is -1.18. The topological polar surface area (TPSA) is 98.5 Å². The number of aryl methyl sites for hydroxylation is 2. The fourth-order valence-electron chi connectivity index (χ4n) is 2.67. The predicted molar refractivity (Wildman–Crippen MR) is 94.5 cm³/mol. The van der Waals surface area contributed by atoms with Gasteiger partial charge in [-0.15, -0.1) is 0 Å². The van der Waals surface area contributed by atoms with Crippen molar-refractivity contribution in [2.45, 2.75) is 33.3 Å². The second-order valence-corrected chi connectivity index (χ2v) is 6.16. The smallest absolute Gasteiger partial charge is 0.311 e. The van der Waals surface area contributed by atoms with Crippen LogP contribution in [0.4, 0.5) is 14.5 Å². The molecule has 2 aromatic heterocycles. The maximum absolute atomic E-state index is 13.6. The molecule has 1 aromatic carbocycles. The molecule has 0 aliphatic carbocycles. The van der Waals surface area contributed by atoms with E-state index in [4.69, 9.17) is 4.74 Å². The number of nitrogens with zero attached hydrogens (tertiary/aromatic N) is 4. The Balaban J connectivity index is 1.66. The lowest BCUT2D eigenvalue weighted by Gasteiger charge is -2.15. The number of anilines is 1. The Kier molecular flexibility index (Phi) is 5.30. The van der Waals surface area contributed by atoms with Crippen molar-refractivity contribution < 1.29 is 23.1 Å². The zero-order valence-electron chi connectivity index (χ0n) is 15.4. The van der Waals surface area contributed by atoms with Crippen LogP contribution in [0.2, 0.25) is 0 Å². The Hall–Kier alpha value is -3.43. The number of hydrogen-bond donors (Lipinski definition) is 1. The van der Waals surface area contributed by atoms with Gasteiger partial charge in [0.1, 0.15) is 18.0 Å². The molecule has 0 unspecified atom stereocenters. The van der Waals surface area contributed by atoms with Gasteiger partial charge >= 0.3 is 5.97 Å². The second kappa shape index (κ2) is 7.67. The van der Waals surface area contributed by atoms with Crippen LogP contribution in [0.5, 0.6) is 0 Å². The number of esters is 1. The number of carbonyl (C=O) groups is 2. The van der Waals surface area contributed by atoms with Crippen molar-refractivity contribution in [2.24, 2.45) is 0 Å². The lowest BCUT2D eigenvalue weighted by molar-refractivity contribution is -0.152. The van der Waals surface area contributed by atoms with E-state index in [1.54, 1.807) is 13.8 Å². The number of carbonyl (C=O) groups excluding carboxylic acids is 2. The van der Waals surface area contributed by atoms with Crippen molar-refractivity contribution in [3.05, 3.63) is 53.1 Å². The van der Waals surface area contributed by atoms with E-state index in [1.807, 2.05) is 0 Å². The second-order valence-electron chi connectivity index (χ2n) is 6.16. The molecule has 10 heteroatoms. The van der Waals surface area contributed by atoms with Crippen molar-refractivity contribution in [3.8, 4) is 0 Å². The molecule has 0 saturated heterocycles. The Morgan fingerprint density at radius 2 is 2.04 bits per heavy atom. The van der Waals surface area contributed by atoms with Gasteiger partial charge in [0.15, 0.2) is 6.10 Å². The zero-order chi connectivity index (χ0) is 20.4. The number of amides is 1. The number of benzene rings is 1. The first-order chi connectivity index (χ1) is 13.3. The SMILES string of the molecule is Cc1nc2ncnn2c(C)c1CC(=O)O[C@@H](C)C(=O)Nc1ccc(F)cc1F. The summed E-state index contributed by atoms with van der Waals surface area (Å²) in [5, 5.41) is 6.30. The summed E-state index contributed by atoms with van der Waals surface area (Å²) in [6, 6.07) is 2.74. The van der Waals surface area contributed by atoms with Crippen molar-refractivity contribution in [3.63, 3.8) is 0 Å². The van der Waals surface area contributed by atoms with Crippen LogP contribution in [0.25, 0.3) is 5.78 Å². The van der Waals surface area contributed by atoms with Crippen LogP contribution < -0.4 is 5.32 Å². The summed E-state index contributed by atoms with van der Waals surface area (Å²) >= 11 is 0. The lowest BCUT2D eigenvalue weighted by Crippen LogP contribution is -2.31. The number of nitrogens with one attached hydrogen (secondary N) is 1. The summed E-state index contributed by atoms with van der Waals surface area (Å²) < 4.78 is 33.2. The molecule has 0 radical (unpaired) electrons. The highest BCUT2D eigenvalue weighted by Crippen LogP contribution is 2.17. The van der Waals surface area contributed by atoms with Crippen molar-refractivity contribution in [2.75, 3.05) is 5.32 Å². The molecule has 0 aliphatic rings. The number of hydrogen-bond acceptors (Lipinski definition) is 6. The summed E-state index contributed by atoms with van der Waals surface area (Å²) in [5.41, 5.74) is 1.69. The van der Waals surface area contributed by atoms with Crippen LogP contribution in [0.15, 0.2) is 24.5 Å². The van der Waals surface area contributed by atoms with Crippen LogP contribution in [-0.2, 0) is 20.7 Å². The molecule has 0 fully saturated rings. The Morgan fingerprint density at radius 1 is 1.29 bits per heavy atom. The number of aromatic nitrogens is 4. The van der Waals surface area contributed by atoms with Crippen LogP contribution in [0, 0.1) is 25.5 Å². The van der Waals surface area contributed by atoms with E-state index >= 15 is 0 Å². The van der Waals surface area contributed by atoms with Gasteiger partial charge in [-0.2, -0.15) is 10.1 Å². The summed E-state index contributed by atoms with van der Waals surface area (Å²) in [6.07, 6.45) is 0.0570. The van der Waals surface area contributed by atoms with Gasteiger partial charge in [-0.25, -0.2) is 18.3 Å². The Bertz CT molecular complexity index is 1070. The largest absolute Gasteiger partial charge is 0.452 e. The van der Waals surface area contributed by atoms with E-state index in [0.717, 1.165) is 12.1 Å². The molecule has 1 amide bonds. The van der Waals surface area contributed by atoms with Crippen LogP contribution in [-0.4, -0.2) is 37.6 Å². The van der Waals surface area contributed by atoms with Gasteiger partial charge in [0, 0.05) is 23.0 Å². The molecule has 0 saturated carbocycles. The molecule has 0 spiro atoms. The van der Waals surface area contributed by atoms with E-state index in [1.165, 1.54) is 17.8 Å².